The number of non-ortho nitro benzene ring substituents is 1. The molecule has 0 aliphatic carbocycles. The zero-order valence-corrected chi connectivity index (χ0v) is 16.9. The highest BCUT2D eigenvalue weighted by Crippen LogP contribution is 2.32. The topological polar surface area (TPSA) is 169 Å². The predicted molar refractivity (Wildman–Crippen MR) is 113 cm³/mol. The van der Waals surface area contributed by atoms with E-state index in [1.807, 2.05) is 0 Å². The molecule has 2 aromatic heterocycles. The van der Waals surface area contributed by atoms with Crippen molar-refractivity contribution in [2.45, 2.75) is 26.0 Å². The fraction of sp³-hybridized carbons (Fsp3) is 0.222. The second kappa shape index (κ2) is 8.90. The van der Waals surface area contributed by atoms with Gasteiger partial charge in [0.1, 0.15) is 6.04 Å². The zero-order valence-electron chi connectivity index (χ0n) is 16.1. The molecule has 0 saturated carbocycles. The first kappa shape index (κ1) is 21.2. The third-order valence-electron chi connectivity index (χ3n) is 4.05. The summed E-state index contributed by atoms with van der Waals surface area (Å²) in [6.45, 7) is 3.20. The highest BCUT2D eigenvalue weighted by atomic mass is 32.1. The van der Waals surface area contributed by atoms with Gasteiger partial charge in [-0.3, -0.25) is 14.9 Å². The van der Waals surface area contributed by atoms with Gasteiger partial charge in [0.05, 0.1) is 27.3 Å². The Labute approximate surface area is 175 Å². The third kappa shape index (κ3) is 4.92. The van der Waals surface area contributed by atoms with Crippen LogP contribution in [0.25, 0.3) is 10.6 Å². The number of carbonyl (C=O) groups excluding carboxylic acids is 1. The van der Waals surface area contributed by atoms with Gasteiger partial charge in [0.2, 0.25) is 11.9 Å². The van der Waals surface area contributed by atoms with E-state index in [1.165, 1.54) is 30.4 Å². The molecule has 12 heteroatoms. The molecule has 0 fully saturated rings. The smallest absolute Gasteiger partial charge is 0.271 e. The number of benzene rings is 1. The highest BCUT2D eigenvalue weighted by Gasteiger charge is 2.21. The number of aryl methyl sites for hydroxylation is 1. The van der Waals surface area contributed by atoms with Crippen molar-refractivity contribution in [1.82, 2.24) is 15.0 Å². The number of nitro groups is 1. The highest BCUT2D eigenvalue weighted by molar-refractivity contribution is 7.19. The summed E-state index contributed by atoms with van der Waals surface area (Å²) in [7, 11) is 0. The molecule has 0 unspecified atom stereocenters. The van der Waals surface area contributed by atoms with Gasteiger partial charge in [0.25, 0.3) is 5.69 Å². The van der Waals surface area contributed by atoms with Gasteiger partial charge in [-0.25, -0.2) is 15.0 Å². The molecule has 11 nitrogen and oxygen atoms in total. The molecule has 0 aliphatic rings. The lowest BCUT2D eigenvalue weighted by Gasteiger charge is -2.12. The number of aliphatic hydroxyl groups excluding tert-OH is 1. The minimum atomic E-state index is -1.07. The van der Waals surface area contributed by atoms with Crippen LogP contribution in [0.15, 0.2) is 36.5 Å². The largest absolute Gasteiger partial charge is 0.391 e. The molecule has 0 spiro atoms. The van der Waals surface area contributed by atoms with Crippen molar-refractivity contribution < 1.29 is 14.8 Å². The number of nitrogens with two attached hydrogens (primary N) is 1. The van der Waals surface area contributed by atoms with Crippen molar-refractivity contribution in [2.24, 2.45) is 5.73 Å². The molecule has 5 N–H and O–H groups in total. The maximum Gasteiger partial charge on any atom is 0.271 e. The number of thiazole rings is 1. The van der Waals surface area contributed by atoms with Crippen LogP contribution in [0.3, 0.4) is 0 Å². The summed E-state index contributed by atoms with van der Waals surface area (Å²) < 4.78 is 0. The Bertz CT molecular complexity index is 1090. The Morgan fingerprint density at radius 2 is 2.10 bits per heavy atom. The molecule has 30 heavy (non-hydrogen) atoms. The summed E-state index contributed by atoms with van der Waals surface area (Å²) >= 11 is 1.20. The molecule has 2 atom stereocenters. The van der Waals surface area contributed by atoms with Crippen molar-refractivity contribution in [3.8, 4) is 10.6 Å². The first-order chi connectivity index (χ1) is 14.2. The average molecular weight is 429 g/mol. The molecule has 2 heterocycles. The van der Waals surface area contributed by atoms with Gasteiger partial charge in [-0.15, -0.1) is 0 Å². The van der Waals surface area contributed by atoms with E-state index in [-0.39, 0.29) is 11.6 Å². The van der Waals surface area contributed by atoms with Gasteiger partial charge in [-0.05, 0) is 26.0 Å². The number of aliphatic hydroxyl groups is 1. The first-order valence-corrected chi connectivity index (χ1v) is 9.63. The molecule has 0 saturated heterocycles. The van der Waals surface area contributed by atoms with Gasteiger partial charge in [-0.1, -0.05) is 17.4 Å². The van der Waals surface area contributed by atoms with E-state index in [2.05, 4.69) is 25.6 Å². The van der Waals surface area contributed by atoms with Crippen LogP contribution >= 0.6 is 11.3 Å². The van der Waals surface area contributed by atoms with E-state index in [9.17, 15) is 20.0 Å². The maximum absolute atomic E-state index is 12.0. The lowest BCUT2D eigenvalue weighted by molar-refractivity contribution is -0.384. The Hall–Kier alpha value is -3.48. The minimum Gasteiger partial charge on any atom is -0.391 e. The molecule has 156 valence electrons. The van der Waals surface area contributed by atoms with E-state index >= 15 is 0 Å². The number of aromatic nitrogens is 3. The van der Waals surface area contributed by atoms with Crippen LogP contribution in [0.1, 0.15) is 12.6 Å². The molecule has 1 amide bonds. The van der Waals surface area contributed by atoms with Gasteiger partial charge in [0.15, 0.2) is 5.13 Å². The maximum atomic E-state index is 12.0. The summed E-state index contributed by atoms with van der Waals surface area (Å²) in [6.07, 6.45) is 0.554. The lowest BCUT2D eigenvalue weighted by atomic mass is 10.2. The minimum absolute atomic E-state index is 0.0507. The molecule has 0 bridgehead atoms. The molecular weight excluding hydrogens is 410 g/mol. The number of nitro benzene ring substituents is 1. The summed E-state index contributed by atoms with van der Waals surface area (Å²) in [5.74, 6) is -0.288. The first-order valence-electron chi connectivity index (χ1n) is 8.81. The van der Waals surface area contributed by atoms with Crippen molar-refractivity contribution in [3.63, 3.8) is 0 Å². The summed E-state index contributed by atoms with van der Waals surface area (Å²) in [4.78, 5) is 36.1. The second-order valence-corrected chi connectivity index (χ2v) is 7.39. The monoisotopic (exact) mass is 429 g/mol. The number of hydrogen-bond donors (Lipinski definition) is 4. The van der Waals surface area contributed by atoms with Crippen molar-refractivity contribution in [3.05, 3.63) is 52.3 Å². The van der Waals surface area contributed by atoms with E-state index in [1.54, 1.807) is 31.3 Å². The number of hydrogen-bond acceptors (Lipinski definition) is 10. The van der Waals surface area contributed by atoms with Crippen LogP contribution in [0.4, 0.5) is 22.5 Å². The Morgan fingerprint density at radius 1 is 1.33 bits per heavy atom. The van der Waals surface area contributed by atoms with Crippen LogP contribution in [0.2, 0.25) is 0 Å². The van der Waals surface area contributed by atoms with E-state index in [0.717, 1.165) is 0 Å². The van der Waals surface area contributed by atoms with E-state index in [0.29, 0.717) is 27.1 Å². The zero-order chi connectivity index (χ0) is 21.8. The van der Waals surface area contributed by atoms with Gasteiger partial charge >= 0.3 is 0 Å². The second-order valence-electron chi connectivity index (χ2n) is 6.39. The van der Waals surface area contributed by atoms with Crippen molar-refractivity contribution in [1.29, 1.82) is 0 Å². The van der Waals surface area contributed by atoms with Crippen LogP contribution in [-0.4, -0.2) is 43.0 Å². The normalized spacial score (nSPS) is 12.8. The fourth-order valence-corrected chi connectivity index (χ4v) is 3.41. The van der Waals surface area contributed by atoms with Crippen molar-refractivity contribution >= 4 is 39.7 Å². The molecule has 3 rings (SSSR count). The predicted octanol–water partition coefficient (Wildman–Crippen LogP) is 2.21. The summed E-state index contributed by atoms with van der Waals surface area (Å²) in [5.41, 5.74) is 7.26. The molecule has 1 aromatic carbocycles. The van der Waals surface area contributed by atoms with Gasteiger partial charge < -0.3 is 21.5 Å². The fourth-order valence-electron chi connectivity index (χ4n) is 2.47. The SMILES string of the molecule is Cc1nc(NC(=O)[C@@H](N)[C@H](C)O)sc1-c1ccnc(Nc2cccc([N+](=O)[O-])c2)n1. The van der Waals surface area contributed by atoms with Gasteiger partial charge in [-0.2, -0.15) is 0 Å². The standard InChI is InChI=1S/C18H19N7O4S/c1-9-15(30-18(21-9)24-16(27)14(19)10(2)26)13-6-7-20-17(23-13)22-11-4-3-5-12(8-11)25(28)29/h3-8,10,14,26H,19H2,1-2H3,(H,20,22,23)(H,21,24,27)/t10-,14-/m0/s1. The Morgan fingerprint density at radius 3 is 2.80 bits per heavy atom. The van der Waals surface area contributed by atoms with Crippen LogP contribution in [0.5, 0.6) is 0 Å². The number of nitrogens with one attached hydrogen (secondary N) is 2. The van der Waals surface area contributed by atoms with E-state index in [4.69, 9.17) is 5.73 Å². The average Bonchev–Trinajstić information content (AvgIpc) is 3.07. The lowest BCUT2D eigenvalue weighted by Crippen LogP contribution is -2.43. The molecule has 0 radical (unpaired) electrons. The van der Waals surface area contributed by atoms with E-state index < -0.39 is 23.0 Å². The summed E-state index contributed by atoms with van der Waals surface area (Å²) in [6, 6.07) is 6.62. The third-order valence-corrected chi connectivity index (χ3v) is 5.15. The molecule has 0 aliphatic heterocycles. The number of rotatable bonds is 7. The van der Waals surface area contributed by atoms with Crippen molar-refractivity contribution in [2.75, 3.05) is 10.6 Å². The number of anilines is 3. The molecular formula is C18H19N7O4S. The van der Waals surface area contributed by atoms with Gasteiger partial charge in [0, 0.05) is 24.0 Å². The summed E-state index contributed by atoms with van der Waals surface area (Å²) in [5, 5.41) is 26.2. The molecule has 3 aromatic rings. The Balaban J connectivity index is 1.81. The quantitative estimate of drug-likeness (QED) is 0.325. The van der Waals surface area contributed by atoms with Crippen LogP contribution in [-0.2, 0) is 4.79 Å². The number of amides is 1. The number of nitrogens with zero attached hydrogens (tertiary/aromatic N) is 4. The Kier molecular flexibility index (Phi) is 6.30. The van der Waals surface area contributed by atoms with Crippen LogP contribution < -0.4 is 16.4 Å². The number of carbonyl (C=O) groups is 1. The van der Waals surface area contributed by atoms with Crippen LogP contribution in [0, 0.1) is 17.0 Å².